The average molecular weight is 345 g/mol. The van der Waals surface area contributed by atoms with Gasteiger partial charge in [0.1, 0.15) is 0 Å². The Morgan fingerprint density at radius 3 is 2.79 bits per heavy atom. The molecule has 2 aromatic rings. The molecule has 0 aliphatic heterocycles. The summed E-state index contributed by atoms with van der Waals surface area (Å²) >= 11 is 1.35. The summed E-state index contributed by atoms with van der Waals surface area (Å²) in [5.74, 6) is 0.354. The highest BCUT2D eigenvalue weighted by Gasteiger charge is 2.16. The number of aryl methyl sites for hydroxylation is 1. The van der Waals surface area contributed by atoms with Gasteiger partial charge in [0.2, 0.25) is 11.1 Å². The van der Waals surface area contributed by atoms with Crippen molar-refractivity contribution < 1.29 is 4.79 Å². The van der Waals surface area contributed by atoms with Crippen LogP contribution in [-0.4, -0.2) is 49.9 Å². The number of amides is 1. The number of likely N-dealkylation sites (N-methyl/N-ethyl adjacent to an activating group) is 1. The van der Waals surface area contributed by atoms with Crippen LogP contribution in [0, 0.1) is 13.8 Å². The van der Waals surface area contributed by atoms with Crippen molar-refractivity contribution in [2.24, 2.45) is 0 Å². The molecule has 0 bridgehead atoms. The van der Waals surface area contributed by atoms with Crippen molar-refractivity contribution in [3.05, 3.63) is 41.5 Å². The molecule has 0 N–H and O–H groups in total. The van der Waals surface area contributed by atoms with Gasteiger partial charge in [0.25, 0.3) is 0 Å². The van der Waals surface area contributed by atoms with E-state index in [-0.39, 0.29) is 5.91 Å². The van der Waals surface area contributed by atoms with Crippen molar-refractivity contribution in [1.29, 1.82) is 0 Å². The first-order valence-electron chi connectivity index (χ1n) is 7.84. The molecule has 0 saturated heterocycles. The van der Waals surface area contributed by atoms with Gasteiger partial charge in [0.05, 0.1) is 11.4 Å². The van der Waals surface area contributed by atoms with Gasteiger partial charge in [0, 0.05) is 13.1 Å². The highest BCUT2D eigenvalue weighted by atomic mass is 32.2. The van der Waals surface area contributed by atoms with Crippen molar-refractivity contribution >= 4 is 17.7 Å². The van der Waals surface area contributed by atoms with Crippen molar-refractivity contribution in [1.82, 2.24) is 25.1 Å². The van der Waals surface area contributed by atoms with Crippen LogP contribution in [0.25, 0.3) is 5.69 Å². The number of carbonyl (C=O) groups is 1. The Hall–Kier alpha value is -2.15. The minimum atomic E-state index is 0.0565. The van der Waals surface area contributed by atoms with E-state index in [1.807, 2.05) is 32.9 Å². The minimum Gasteiger partial charge on any atom is -0.338 e. The Morgan fingerprint density at radius 2 is 2.12 bits per heavy atom. The van der Waals surface area contributed by atoms with Gasteiger partial charge < -0.3 is 4.90 Å². The lowest BCUT2D eigenvalue weighted by molar-refractivity contribution is -0.127. The molecule has 0 aliphatic rings. The van der Waals surface area contributed by atoms with Crippen molar-refractivity contribution in [2.45, 2.75) is 32.9 Å². The summed E-state index contributed by atoms with van der Waals surface area (Å²) in [5, 5.41) is 12.5. The zero-order chi connectivity index (χ0) is 17.7. The summed E-state index contributed by atoms with van der Waals surface area (Å²) in [6.07, 6.45) is 0. The predicted molar refractivity (Wildman–Crippen MR) is 96.4 cm³/mol. The number of thioether (sulfide) groups is 1. The van der Waals surface area contributed by atoms with Gasteiger partial charge in [-0.25, -0.2) is 0 Å². The van der Waals surface area contributed by atoms with Crippen LogP contribution in [0.2, 0.25) is 0 Å². The van der Waals surface area contributed by atoms with E-state index in [0.717, 1.165) is 16.8 Å². The fourth-order valence-electron chi connectivity index (χ4n) is 2.30. The van der Waals surface area contributed by atoms with Gasteiger partial charge in [-0.15, -0.1) is 5.10 Å². The molecule has 0 atom stereocenters. The van der Waals surface area contributed by atoms with Gasteiger partial charge in [-0.2, -0.15) is 4.68 Å². The monoisotopic (exact) mass is 345 g/mol. The van der Waals surface area contributed by atoms with Crippen molar-refractivity contribution in [3.8, 4) is 5.69 Å². The standard InChI is InChI=1S/C17H23N5OS/c1-6-21(10-12(2)3)16(23)11-24-17-18-19-20-22(17)15-9-7-8-13(4)14(15)5/h7-9H,2,6,10-11H2,1,3-5H3. The van der Waals surface area contributed by atoms with Crippen LogP contribution in [0.15, 0.2) is 35.5 Å². The number of rotatable bonds is 7. The molecule has 7 heteroatoms. The Bertz CT molecular complexity index is 740. The largest absolute Gasteiger partial charge is 0.338 e. The predicted octanol–water partition coefficient (Wildman–Crippen LogP) is 2.80. The summed E-state index contributed by atoms with van der Waals surface area (Å²) in [7, 11) is 0. The lowest BCUT2D eigenvalue weighted by Gasteiger charge is -2.20. The molecule has 1 amide bonds. The molecule has 1 heterocycles. The van der Waals surface area contributed by atoms with E-state index in [1.165, 1.54) is 17.3 Å². The second-order valence-electron chi connectivity index (χ2n) is 5.75. The van der Waals surface area contributed by atoms with Crippen LogP contribution in [0.3, 0.4) is 0 Å². The summed E-state index contributed by atoms with van der Waals surface area (Å²) < 4.78 is 1.69. The quantitative estimate of drug-likeness (QED) is 0.570. The zero-order valence-electron chi connectivity index (χ0n) is 14.6. The van der Waals surface area contributed by atoms with Crippen molar-refractivity contribution in [2.75, 3.05) is 18.8 Å². The van der Waals surface area contributed by atoms with Crippen LogP contribution in [-0.2, 0) is 4.79 Å². The summed E-state index contributed by atoms with van der Waals surface area (Å²) in [6.45, 7) is 13.1. The SMILES string of the molecule is C=C(C)CN(CC)C(=O)CSc1nnnn1-c1cccc(C)c1C. The molecule has 24 heavy (non-hydrogen) atoms. The van der Waals surface area contributed by atoms with Crippen LogP contribution >= 0.6 is 11.8 Å². The molecule has 128 valence electrons. The first kappa shape index (κ1) is 18.2. The average Bonchev–Trinajstić information content (AvgIpc) is 3.01. The number of carbonyl (C=O) groups excluding carboxylic acids is 1. The third-order valence-electron chi connectivity index (χ3n) is 3.77. The third-order valence-corrected chi connectivity index (χ3v) is 4.67. The molecule has 0 saturated carbocycles. The zero-order valence-corrected chi connectivity index (χ0v) is 15.4. The van der Waals surface area contributed by atoms with Crippen molar-refractivity contribution in [3.63, 3.8) is 0 Å². The van der Waals surface area contributed by atoms with E-state index in [0.29, 0.717) is 24.0 Å². The fourth-order valence-corrected chi connectivity index (χ4v) is 3.09. The van der Waals surface area contributed by atoms with Gasteiger partial charge >= 0.3 is 0 Å². The lowest BCUT2D eigenvalue weighted by atomic mass is 10.1. The molecular weight excluding hydrogens is 322 g/mol. The molecule has 1 aromatic carbocycles. The Morgan fingerprint density at radius 1 is 1.38 bits per heavy atom. The molecule has 0 aliphatic carbocycles. The number of hydrogen-bond donors (Lipinski definition) is 0. The van der Waals surface area contributed by atoms with Gasteiger partial charge in [-0.05, 0) is 55.3 Å². The highest BCUT2D eigenvalue weighted by molar-refractivity contribution is 7.99. The number of tetrazole rings is 1. The minimum absolute atomic E-state index is 0.0565. The lowest BCUT2D eigenvalue weighted by Crippen LogP contribution is -2.33. The normalized spacial score (nSPS) is 10.7. The van der Waals surface area contributed by atoms with Crippen LogP contribution in [0.5, 0.6) is 0 Å². The van der Waals surface area contributed by atoms with Gasteiger partial charge in [-0.3, -0.25) is 4.79 Å². The fraction of sp³-hybridized carbons (Fsp3) is 0.412. The maximum atomic E-state index is 12.4. The Kier molecular flexibility index (Phi) is 6.14. The van der Waals surface area contributed by atoms with Crippen LogP contribution in [0.1, 0.15) is 25.0 Å². The second kappa shape index (κ2) is 8.10. The van der Waals surface area contributed by atoms with Gasteiger partial charge in [-0.1, -0.05) is 36.0 Å². The van der Waals surface area contributed by atoms with Gasteiger partial charge in [0.15, 0.2) is 0 Å². The maximum Gasteiger partial charge on any atom is 0.233 e. The highest BCUT2D eigenvalue weighted by Crippen LogP contribution is 2.22. The first-order chi connectivity index (χ1) is 11.4. The molecule has 0 fully saturated rings. The number of nitrogens with zero attached hydrogens (tertiary/aromatic N) is 5. The van der Waals surface area contributed by atoms with Crippen LogP contribution in [0.4, 0.5) is 0 Å². The van der Waals surface area contributed by atoms with E-state index < -0.39 is 0 Å². The Balaban J connectivity index is 2.13. The van der Waals surface area contributed by atoms with E-state index in [2.05, 4.69) is 35.1 Å². The molecular formula is C17H23N5OS. The first-order valence-corrected chi connectivity index (χ1v) is 8.82. The summed E-state index contributed by atoms with van der Waals surface area (Å²) in [4.78, 5) is 14.1. The van der Waals surface area contributed by atoms with E-state index in [9.17, 15) is 4.79 Å². The molecule has 6 nitrogen and oxygen atoms in total. The van der Waals surface area contributed by atoms with Crippen LogP contribution < -0.4 is 0 Å². The summed E-state index contributed by atoms with van der Waals surface area (Å²) in [6, 6.07) is 6.00. The molecule has 1 aromatic heterocycles. The number of benzene rings is 1. The van der Waals surface area contributed by atoms with E-state index >= 15 is 0 Å². The molecule has 0 radical (unpaired) electrons. The Labute approximate surface area is 146 Å². The summed E-state index contributed by atoms with van der Waals surface area (Å²) in [5.41, 5.74) is 4.20. The number of hydrogen-bond acceptors (Lipinski definition) is 5. The molecule has 0 unspecified atom stereocenters. The third kappa shape index (κ3) is 4.23. The number of aromatic nitrogens is 4. The van der Waals surface area contributed by atoms with E-state index in [4.69, 9.17) is 0 Å². The maximum absolute atomic E-state index is 12.4. The van der Waals surface area contributed by atoms with E-state index in [1.54, 1.807) is 9.58 Å². The molecule has 2 rings (SSSR count). The topological polar surface area (TPSA) is 63.9 Å². The second-order valence-corrected chi connectivity index (χ2v) is 6.69. The molecule has 0 spiro atoms. The smallest absolute Gasteiger partial charge is 0.233 e.